The summed E-state index contributed by atoms with van der Waals surface area (Å²) >= 11 is 3.26. The van der Waals surface area contributed by atoms with Gasteiger partial charge in [-0.1, -0.05) is 29.8 Å². The van der Waals surface area contributed by atoms with Crippen molar-refractivity contribution in [3.63, 3.8) is 0 Å². The highest BCUT2D eigenvalue weighted by atomic mass is 79.9. The average molecular weight is 343 g/mol. The zero-order chi connectivity index (χ0) is 15.0. The molecule has 1 aromatic carbocycles. The molecule has 2 unspecified atom stereocenters. The fraction of sp³-hybridized carbons (Fsp3) is 0.429. The summed E-state index contributed by atoms with van der Waals surface area (Å²) < 4.78 is 14.7. The number of halogens is 2. The first kappa shape index (κ1) is 15.0. The number of nitrogens with zero attached hydrogens (tertiary/aromatic N) is 1. The molecular weight excluding hydrogens is 327 g/mol. The number of nitrogens with one attached hydrogen (secondary N) is 1. The Morgan fingerprint density at radius 3 is 2.60 bits per heavy atom. The molecule has 2 rings (SSSR count). The van der Waals surface area contributed by atoms with Crippen LogP contribution in [0.2, 0.25) is 0 Å². The Morgan fingerprint density at radius 2 is 2.00 bits per heavy atom. The third kappa shape index (κ3) is 2.57. The Labute approximate surface area is 125 Å². The molecule has 4 nitrogen and oxygen atoms in total. The van der Waals surface area contributed by atoms with Crippen molar-refractivity contribution in [2.45, 2.75) is 32.9 Å². The fourth-order valence-electron chi connectivity index (χ4n) is 2.36. The molecule has 0 aromatic heterocycles. The fourth-order valence-corrected chi connectivity index (χ4v) is 2.71. The van der Waals surface area contributed by atoms with Crippen molar-refractivity contribution < 1.29 is 14.0 Å². The van der Waals surface area contributed by atoms with Gasteiger partial charge in [0.05, 0.1) is 5.69 Å². The molecule has 1 aliphatic rings. The minimum atomic E-state index is -0.706. The van der Waals surface area contributed by atoms with E-state index in [0.29, 0.717) is 4.47 Å². The second-order valence-corrected chi connectivity index (χ2v) is 6.14. The zero-order valence-corrected chi connectivity index (χ0v) is 13.1. The SMILES string of the molecule is CC1NC(=O)C(C(C)C)N(c2cc(Br)ccc2F)C1=O. The highest BCUT2D eigenvalue weighted by molar-refractivity contribution is 9.10. The maximum atomic E-state index is 14.1. The van der Waals surface area contributed by atoms with Crippen molar-refractivity contribution >= 4 is 33.4 Å². The van der Waals surface area contributed by atoms with Crippen molar-refractivity contribution in [3.05, 3.63) is 28.5 Å². The van der Waals surface area contributed by atoms with Gasteiger partial charge in [0.25, 0.3) is 0 Å². The van der Waals surface area contributed by atoms with E-state index in [0.717, 1.165) is 0 Å². The van der Waals surface area contributed by atoms with E-state index in [4.69, 9.17) is 0 Å². The normalized spacial score (nSPS) is 23.2. The third-order valence-corrected chi connectivity index (χ3v) is 3.81. The lowest BCUT2D eigenvalue weighted by Crippen LogP contribution is -2.64. The lowest BCUT2D eigenvalue weighted by atomic mass is 9.96. The van der Waals surface area contributed by atoms with Crippen LogP contribution in [0.3, 0.4) is 0 Å². The van der Waals surface area contributed by atoms with Crippen molar-refractivity contribution in [1.29, 1.82) is 0 Å². The largest absolute Gasteiger partial charge is 0.343 e. The van der Waals surface area contributed by atoms with Gasteiger partial charge >= 0.3 is 0 Å². The molecular formula is C14H16BrFN2O2. The first-order valence-corrected chi connectivity index (χ1v) is 7.20. The number of rotatable bonds is 2. The second-order valence-electron chi connectivity index (χ2n) is 5.22. The smallest absolute Gasteiger partial charge is 0.250 e. The van der Waals surface area contributed by atoms with Crippen molar-refractivity contribution in [1.82, 2.24) is 5.32 Å². The van der Waals surface area contributed by atoms with Crippen LogP contribution in [0.15, 0.2) is 22.7 Å². The number of hydrogen-bond donors (Lipinski definition) is 1. The molecule has 1 heterocycles. The van der Waals surface area contributed by atoms with Crippen LogP contribution in [-0.4, -0.2) is 23.9 Å². The van der Waals surface area contributed by atoms with Gasteiger partial charge in [0.2, 0.25) is 11.8 Å². The number of carbonyl (C=O) groups excluding carboxylic acids is 2. The van der Waals surface area contributed by atoms with Gasteiger partial charge in [-0.2, -0.15) is 0 Å². The van der Waals surface area contributed by atoms with Gasteiger partial charge in [-0.15, -0.1) is 0 Å². The molecule has 0 radical (unpaired) electrons. The Bertz CT molecular complexity index is 562. The molecule has 1 aliphatic heterocycles. The molecule has 1 fully saturated rings. The second kappa shape index (κ2) is 5.52. The van der Waals surface area contributed by atoms with Crippen LogP contribution in [0.1, 0.15) is 20.8 Å². The number of piperazine rings is 1. The predicted molar refractivity (Wildman–Crippen MR) is 77.8 cm³/mol. The molecule has 0 saturated carbocycles. The predicted octanol–water partition coefficient (Wildman–Crippen LogP) is 2.46. The van der Waals surface area contributed by atoms with E-state index in [-0.39, 0.29) is 23.4 Å². The molecule has 0 spiro atoms. The first-order chi connectivity index (χ1) is 9.32. The number of carbonyl (C=O) groups is 2. The quantitative estimate of drug-likeness (QED) is 0.897. The maximum Gasteiger partial charge on any atom is 0.250 e. The van der Waals surface area contributed by atoms with Crippen LogP contribution >= 0.6 is 15.9 Å². The highest BCUT2D eigenvalue weighted by Gasteiger charge is 2.42. The summed E-state index contributed by atoms with van der Waals surface area (Å²) in [6.45, 7) is 5.26. The summed E-state index contributed by atoms with van der Waals surface area (Å²) in [6.07, 6.45) is 0. The van der Waals surface area contributed by atoms with Gasteiger partial charge in [0, 0.05) is 4.47 Å². The highest BCUT2D eigenvalue weighted by Crippen LogP contribution is 2.30. The standard InChI is InChI=1S/C14H16BrFN2O2/c1-7(2)12-13(19)17-8(3)14(20)18(12)11-6-9(15)4-5-10(11)16/h4-8,12H,1-3H3,(H,17,19). The van der Waals surface area contributed by atoms with Gasteiger partial charge in [0.15, 0.2) is 0 Å². The molecule has 1 aromatic rings. The van der Waals surface area contributed by atoms with Gasteiger partial charge in [-0.3, -0.25) is 14.5 Å². The van der Waals surface area contributed by atoms with Crippen LogP contribution in [-0.2, 0) is 9.59 Å². The number of benzene rings is 1. The summed E-state index contributed by atoms with van der Waals surface area (Å²) in [5, 5.41) is 2.63. The van der Waals surface area contributed by atoms with E-state index < -0.39 is 17.9 Å². The van der Waals surface area contributed by atoms with Crippen LogP contribution in [0.5, 0.6) is 0 Å². The first-order valence-electron chi connectivity index (χ1n) is 6.41. The van der Waals surface area contributed by atoms with E-state index in [1.165, 1.54) is 17.0 Å². The van der Waals surface area contributed by atoms with Crippen LogP contribution < -0.4 is 10.2 Å². The average Bonchev–Trinajstić information content (AvgIpc) is 2.36. The molecule has 1 saturated heterocycles. The number of anilines is 1. The summed E-state index contributed by atoms with van der Waals surface area (Å²) in [5.74, 6) is -1.20. The van der Waals surface area contributed by atoms with Crippen LogP contribution in [0, 0.1) is 11.7 Å². The maximum absolute atomic E-state index is 14.1. The summed E-state index contributed by atoms with van der Waals surface area (Å²) in [7, 11) is 0. The van der Waals surface area contributed by atoms with Gasteiger partial charge in [0.1, 0.15) is 17.9 Å². The molecule has 6 heteroatoms. The molecule has 2 amide bonds. The van der Waals surface area contributed by atoms with Crippen LogP contribution in [0.4, 0.5) is 10.1 Å². The van der Waals surface area contributed by atoms with Crippen molar-refractivity contribution in [2.75, 3.05) is 4.90 Å². The minimum absolute atomic E-state index is 0.121. The monoisotopic (exact) mass is 342 g/mol. The Balaban J connectivity index is 2.55. The summed E-state index contributed by atoms with van der Waals surface area (Å²) in [6, 6.07) is 2.99. The zero-order valence-electron chi connectivity index (χ0n) is 11.5. The van der Waals surface area contributed by atoms with Crippen molar-refractivity contribution in [2.24, 2.45) is 5.92 Å². The Kier molecular flexibility index (Phi) is 4.13. The van der Waals surface area contributed by atoms with Crippen molar-refractivity contribution in [3.8, 4) is 0 Å². The summed E-state index contributed by atoms with van der Waals surface area (Å²) in [5.41, 5.74) is 0.129. The topological polar surface area (TPSA) is 49.4 Å². The molecule has 20 heavy (non-hydrogen) atoms. The molecule has 108 valence electrons. The number of amides is 2. The number of hydrogen-bond acceptors (Lipinski definition) is 2. The molecule has 0 bridgehead atoms. The third-order valence-electron chi connectivity index (χ3n) is 3.31. The lowest BCUT2D eigenvalue weighted by Gasteiger charge is -2.40. The van der Waals surface area contributed by atoms with E-state index in [1.807, 2.05) is 13.8 Å². The van der Waals surface area contributed by atoms with E-state index >= 15 is 0 Å². The molecule has 2 atom stereocenters. The minimum Gasteiger partial charge on any atom is -0.343 e. The van der Waals surface area contributed by atoms with E-state index in [2.05, 4.69) is 21.2 Å². The van der Waals surface area contributed by atoms with Gasteiger partial charge < -0.3 is 5.32 Å². The Hall–Kier alpha value is -1.43. The van der Waals surface area contributed by atoms with E-state index in [9.17, 15) is 14.0 Å². The lowest BCUT2D eigenvalue weighted by molar-refractivity contribution is -0.134. The van der Waals surface area contributed by atoms with Gasteiger partial charge in [-0.05, 0) is 31.0 Å². The van der Waals surface area contributed by atoms with E-state index in [1.54, 1.807) is 13.0 Å². The van der Waals surface area contributed by atoms with Gasteiger partial charge in [-0.25, -0.2) is 4.39 Å². The molecule has 0 aliphatic carbocycles. The summed E-state index contributed by atoms with van der Waals surface area (Å²) in [4.78, 5) is 25.8. The van der Waals surface area contributed by atoms with Crippen LogP contribution in [0.25, 0.3) is 0 Å². The Morgan fingerprint density at radius 1 is 1.35 bits per heavy atom. The molecule has 1 N–H and O–H groups in total.